The molecule has 2 heterocycles. The van der Waals surface area contributed by atoms with Crippen LogP contribution in [0.5, 0.6) is 0 Å². The Hall–Kier alpha value is -2.64. The molecule has 0 unspecified atom stereocenters. The van der Waals surface area contributed by atoms with Crippen LogP contribution in [-0.2, 0) is 11.3 Å². The molecule has 2 aromatic carbocycles. The molecule has 0 bridgehead atoms. The van der Waals surface area contributed by atoms with Gasteiger partial charge in [0.15, 0.2) is 0 Å². The second kappa shape index (κ2) is 8.80. The first-order chi connectivity index (χ1) is 14.2. The predicted molar refractivity (Wildman–Crippen MR) is 117 cm³/mol. The molecule has 148 valence electrons. The number of furan rings is 1. The van der Waals surface area contributed by atoms with Crippen LogP contribution in [0.15, 0.2) is 76.2 Å². The summed E-state index contributed by atoms with van der Waals surface area (Å²) in [4.78, 5) is 27.8. The fraction of sp³-hybridized carbons (Fsp3) is 0.182. The summed E-state index contributed by atoms with van der Waals surface area (Å²) in [7, 11) is 0. The number of para-hydroxylation sites is 1. The summed E-state index contributed by atoms with van der Waals surface area (Å²) in [5.74, 6) is 1.14. The van der Waals surface area contributed by atoms with Crippen molar-refractivity contribution in [2.24, 2.45) is 0 Å². The molecule has 4 rings (SSSR count). The highest BCUT2D eigenvalue weighted by atomic mass is 32.2. The van der Waals surface area contributed by atoms with Crippen molar-refractivity contribution in [2.75, 3.05) is 17.3 Å². The van der Waals surface area contributed by atoms with Gasteiger partial charge in [0.1, 0.15) is 11.1 Å². The first-order valence-corrected chi connectivity index (χ1v) is 11.4. The smallest absolute Gasteiger partial charge is 0.255 e. The minimum Gasteiger partial charge on any atom is -0.467 e. The zero-order valence-corrected chi connectivity index (χ0v) is 17.5. The minimum absolute atomic E-state index is 0.0815. The van der Waals surface area contributed by atoms with E-state index in [9.17, 15) is 9.59 Å². The van der Waals surface area contributed by atoms with E-state index in [0.717, 1.165) is 21.9 Å². The Morgan fingerprint density at radius 3 is 2.69 bits per heavy atom. The number of nitrogens with one attached hydrogen (secondary N) is 1. The second-order valence-corrected chi connectivity index (χ2v) is 8.46. The largest absolute Gasteiger partial charge is 0.467 e. The van der Waals surface area contributed by atoms with Crippen LogP contribution in [0.25, 0.3) is 0 Å². The lowest BCUT2D eigenvalue weighted by Gasteiger charge is -2.23. The highest BCUT2D eigenvalue weighted by Crippen LogP contribution is 2.39. The fourth-order valence-electron chi connectivity index (χ4n) is 3.21. The number of benzene rings is 2. The van der Waals surface area contributed by atoms with E-state index in [4.69, 9.17) is 4.42 Å². The molecule has 3 aromatic rings. The zero-order chi connectivity index (χ0) is 20.2. The van der Waals surface area contributed by atoms with Crippen molar-refractivity contribution in [3.63, 3.8) is 0 Å². The molecule has 0 saturated carbocycles. The number of anilines is 1. The molecule has 7 heteroatoms. The van der Waals surface area contributed by atoms with E-state index < -0.39 is 0 Å². The van der Waals surface area contributed by atoms with Gasteiger partial charge in [-0.2, -0.15) is 0 Å². The zero-order valence-electron chi connectivity index (χ0n) is 15.8. The van der Waals surface area contributed by atoms with Gasteiger partial charge >= 0.3 is 0 Å². The molecule has 1 saturated heterocycles. The number of hydrogen-bond donors (Lipinski definition) is 1. The van der Waals surface area contributed by atoms with Crippen molar-refractivity contribution in [3.05, 3.63) is 83.8 Å². The van der Waals surface area contributed by atoms with Gasteiger partial charge in [-0.15, -0.1) is 23.5 Å². The van der Waals surface area contributed by atoms with Crippen LogP contribution in [0.4, 0.5) is 5.69 Å². The first-order valence-electron chi connectivity index (χ1n) is 9.13. The maximum atomic E-state index is 12.6. The van der Waals surface area contributed by atoms with Gasteiger partial charge in [-0.25, -0.2) is 0 Å². The van der Waals surface area contributed by atoms with Crippen LogP contribution in [0.1, 0.15) is 27.1 Å². The molecule has 5 nitrogen and oxygen atoms in total. The Balaban J connectivity index is 1.48. The molecular formula is C22H20N2O3S2. The Labute approximate surface area is 177 Å². The molecule has 1 atom stereocenters. The minimum atomic E-state index is -0.152. The van der Waals surface area contributed by atoms with Gasteiger partial charge in [-0.05, 0) is 48.2 Å². The SMILES string of the molecule is CSc1ccccc1NC(=O)c1ccc([C@H]2SCC(=O)N2Cc2ccco2)cc1. The molecule has 0 aliphatic carbocycles. The normalized spacial score (nSPS) is 16.2. The van der Waals surface area contributed by atoms with Crippen molar-refractivity contribution >= 4 is 41.0 Å². The van der Waals surface area contributed by atoms with Gasteiger partial charge in [0, 0.05) is 10.5 Å². The Kier molecular flexibility index (Phi) is 5.97. The topological polar surface area (TPSA) is 62.6 Å². The van der Waals surface area contributed by atoms with Crippen molar-refractivity contribution in [3.8, 4) is 0 Å². The third-order valence-electron chi connectivity index (χ3n) is 4.69. The van der Waals surface area contributed by atoms with Gasteiger partial charge in [0.25, 0.3) is 5.91 Å². The van der Waals surface area contributed by atoms with E-state index in [0.29, 0.717) is 17.9 Å². The predicted octanol–water partition coefficient (Wildman–Crippen LogP) is 5.03. The van der Waals surface area contributed by atoms with Crippen molar-refractivity contribution in [2.45, 2.75) is 16.8 Å². The standard InChI is InChI=1S/C22H20N2O3S2/c1-28-19-7-3-2-6-18(19)23-21(26)15-8-10-16(11-9-15)22-24(20(25)14-29-22)13-17-5-4-12-27-17/h2-12,22H,13-14H2,1H3,(H,23,26)/t22-/m1/s1. The summed E-state index contributed by atoms with van der Waals surface area (Å²) < 4.78 is 5.40. The number of rotatable bonds is 6. The molecule has 1 aliphatic heterocycles. The number of nitrogens with zero attached hydrogens (tertiary/aromatic N) is 1. The number of thioether (sulfide) groups is 2. The van der Waals surface area contributed by atoms with Crippen LogP contribution >= 0.6 is 23.5 Å². The Morgan fingerprint density at radius 1 is 1.17 bits per heavy atom. The van der Waals surface area contributed by atoms with E-state index in [1.807, 2.05) is 59.7 Å². The lowest BCUT2D eigenvalue weighted by molar-refractivity contribution is -0.128. The van der Waals surface area contributed by atoms with Crippen molar-refractivity contribution in [1.82, 2.24) is 4.90 Å². The summed E-state index contributed by atoms with van der Waals surface area (Å²) in [6.07, 6.45) is 3.59. The second-order valence-electron chi connectivity index (χ2n) is 6.54. The lowest BCUT2D eigenvalue weighted by Crippen LogP contribution is -2.27. The first kappa shape index (κ1) is 19.7. The molecule has 0 radical (unpaired) electrons. The summed E-state index contributed by atoms with van der Waals surface area (Å²) in [5.41, 5.74) is 2.38. The van der Waals surface area contributed by atoms with E-state index >= 15 is 0 Å². The van der Waals surface area contributed by atoms with Crippen LogP contribution in [0.2, 0.25) is 0 Å². The highest BCUT2D eigenvalue weighted by Gasteiger charge is 2.33. The quantitative estimate of drug-likeness (QED) is 0.563. The van der Waals surface area contributed by atoms with E-state index in [1.165, 1.54) is 0 Å². The van der Waals surface area contributed by atoms with Gasteiger partial charge in [-0.1, -0.05) is 24.3 Å². The monoisotopic (exact) mass is 424 g/mol. The van der Waals surface area contributed by atoms with Crippen LogP contribution in [-0.4, -0.2) is 28.7 Å². The maximum Gasteiger partial charge on any atom is 0.255 e. The van der Waals surface area contributed by atoms with Gasteiger partial charge < -0.3 is 14.6 Å². The number of carbonyl (C=O) groups is 2. The third kappa shape index (κ3) is 4.36. The molecule has 0 spiro atoms. The molecule has 1 fully saturated rings. The van der Waals surface area contributed by atoms with E-state index in [2.05, 4.69) is 5.32 Å². The van der Waals surface area contributed by atoms with Crippen molar-refractivity contribution < 1.29 is 14.0 Å². The summed E-state index contributed by atoms with van der Waals surface area (Å²) in [5, 5.41) is 2.89. The summed E-state index contributed by atoms with van der Waals surface area (Å²) in [6, 6.07) is 18.9. The van der Waals surface area contributed by atoms with Gasteiger partial charge in [0.2, 0.25) is 5.91 Å². The molecule has 29 heavy (non-hydrogen) atoms. The van der Waals surface area contributed by atoms with E-state index in [-0.39, 0.29) is 17.2 Å². The molecular weight excluding hydrogens is 404 g/mol. The van der Waals surface area contributed by atoms with Gasteiger partial charge in [0.05, 0.1) is 24.2 Å². The molecule has 1 aromatic heterocycles. The maximum absolute atomic E-state index is 12.6. The highest BCUT2D eigenvalue weighted by molar-refractivity contribution is 8.00. The van der Waals surface area contributed by atoms with Crippen LogP contribution in [0.3, 0.4) is 0 Å². The van der Waals surface area contributed by atoms with Crippen LogP contribution in [0, 0.1) is 0 Å². The Morgan fingerprint density at radius 2 is 1.97 bits per heavy atom. The summed E-state index contributed by atoms with van der Waals surface area (Å²) in [6.45, 7) is 0.442. The van der Waals surface area contributed by atoms with E-state index in [1.54, 1.807) is 41.9 Å². The average Bonchev–Trinajstić information content (AvgIpc) is 3.39. The van der Waals surface area contributed by atoms with Crippen molar-refractivity contribution in [1.29, 1.82) is 0 Å². The lowest BCUT2D eigenvalue weighted by atomic mass is 10.1. The molecule has 1 N–H and O–H groups in total. The number of amides is 2. The Bertz CT molecular complexity index is 1000. The third-order valence-corrected chi connectivity index (χ3v) is 6.74. The average molecular weight is 425 g/mol. The fourth-order valence-corrected chi connectivity index (χ4v) is 4.95. The van der Waals surface area contributed by atoms with Gasteiger partial charge in [-0.3, -0.25) is 9.59 Å². The van der Waals surface area contributed by atoms with Crippen LogP contribution < -0.4 is 5.32 Å². The molecule has 2 amide bonds. The number of hydrogen-bond acceptors (Lipinski definition) is 5. The molecule has 1 aliphatic rings. The number of carbonyl (C=O) groups excluding carboxylic acids is 2. The summed E-state index contributed by atoms with van der Waals surface area (Å²) >= 11 is 3.18.